The maximum absolute atomic E-state index is 12.3. The van der Waals surface area contributed by atoms with Crippen molar-refractivity contribution < 1.29 is 4.39 Å². The summed E-state index contributed by atoms with van der Waals surface area (Å²) < 4.78 is 12.8. The van der Waals surface area contributed by atoms with E-state index in [1.54, 1.807) is 0 Å². The quantitative estimate of drug-likeness (QED) is 0.632. The number of anilines is 1. The Bertz CT molecular complexity index is 226. The van der Waals surface area contributed by atoms with Crippen LogP contribution in [-0.2, 0) is 0 Å². The molecule has 0 aliphatic carbocycles. The Morgan fingerprint density at radius 3 is 2.78 bits per heavy atom. The van der Waals surface area contributed by atoms with Crippen LogP contribution >= 0.6 is 15.9 Å². The van der Waals surface area contributed by atoms with Gasteiger partial charge in [-0.1, -0.05) is 0 Å². The van der Waals surface area contributed by atoms with Crippen LogP contribution in [0.2, 0.25) is 0 Å². The summed E-state index contributed by atoms with van der Waals surface area (Å²) in [6, 6.07) is 1.41. The highest BCUT2D eigenvalue weighted by atomic mass is 79.9. The van der Waals surface area contributed by atoms with Crippen LogP contribution < -0.4 is 5.73 Å². The lowest BCUT2D eigenvalue weighted by molar-refractivity contribution is 0.625. The number of pyridine rings is 1. The van der Waals surface area contributed by atoms with Crippen molar-refractivity contribution in [3.8, 4) is 0 Å². The summed E-state index contributed by atoms with van der Waals surface area (Å²) in [6.07, 6.45) is 1.07. The van der Waals surface area contributed by atoms with Gasteiger partial charge in [0.2, 0.25) is 0 Å². The number of hydrogen-bond donors (Lipinski definition) is 1. The van der Waals surface area contributed by atoms with Gasteiger partial charge >= 0.3 is 0 Å². The van der Waals surface area contributed by atoms with Crippen molar-refractivity contribution in [2.24, 2.45) is 0 Å². The van der Waals surface area contributed by atoms with Gasteiger partial charge < -0.3 is 5.73 Å². The Kier molecular flexibility index (Phi) is 1.66. The molecule has 0 spiro atoms. The van der Waals surface area contributed by atoms with E-state index >= 15 is 0 Å². The largest absolute Gasteiger partial charge is 0.396 e. The second-order valence-corrected chi connectivity index (χ2v) is 2.34. The van der Waals surface area contributed by atoms with E-state index in [0.717, 1.165) is 6.20 Å². The minimum Gasteiger partial charge on any atom is -0.396 e. The Morgan fingerprint density at radius 2 is 2.33 bits per heavy atom. The SMILES string of the molecule is Nc1cc(Br)ncc1F. The monoisotopic (exact) mass is 190 g/mol. The third-order valence-electron chi connectivity index (χ3n) is 0.852. The molecule has 0 saturated carbocycles. The van der Waals surface area contributed by atoms with Gasteiger partial charge in [0.15, 0.2) is 5.82 Å². The van der Waals surface area contributed by atoms with Gasteiger partial charge in [-0.15, -0.1) is 0 Å². The smallest absolute Gasteiger partial charge is 0.164 e. The van der Waals surface area contributed by atoms with Crippen LogP contribution in [0.4, 0.5) is 10.1 Å². The van der Waals surface area contributed by atoms with Crippen LogP contribution in [0.3, 0.4) is 0 Å². The number of rotatable bonds is 0. The molecule has 1 heterocycles. The predicted molar refractivity (Wildman–Crippen MR) is 36.3 cm³/mol. The molecule has 1 rings (SSSR count). The zero-order chi connectivity index (χ0) is 6.85. The Balaban J connectivity index is 3.17. The molecular weight excluding hydrogens is 187 g/mol. The van der Waals surface area contributed by atoms with E-state index in [9.17, 15) is 4.39 Å². The average molecular weight is 191 g/mol. The number of hydrogen-bond acceptors (Lipinski definition) is 2. The Hall–Kier alpha value is -0.640. The third kappa shape index (κ3) is 1.38. The lowest BCUT2D eigenvalue weighted by atomic mass is 10.4. The van der Waals surface area contributed by atoms with Crippen molar-refractivity contribution in [1.82, 2.24) is 4.98 Å². The summed E-state index contributed by atoms with van der Waals surface area (Å²) in [5.74, 6) is -0.488. The molecule has 0 bridgehead atoms. The van der Waals surface area contributed by atoms with Crippen molar-refractivity contribution >= 4 is 21.6 Å². The molecule has 0 unspecified atom stereocenters. The van der Waals surface area contributed by atoms with Gasteiger partial charge in [0.05, 0.1) is 11.9 Å². The standard InChI is InChI=1S/C5H4BrFN2/c6-5-1-4(8)3(7)2-9-5/h1-2H,(H2,8,9). The highest BCUT2D eigenvalue weighted by Gasteiger charge is 1.96. The Morgan fingerprint density at radius 1 is 1.67 bits per heavy atom. The van der Waals surface area contributed by atoms with Gasteiger partial charge in [0.1, 0.15) is 4.60 Å². The highest BCUT2D eigenvalue weighted by Crippen LogP contribution is 2.12. The molecule has 48 valence electrons. The van der Waals surface area contributed by atoms with Crippen LogP contribution in [0.15, 0.2) is 16.9 Å². The van der Waals surface area contributed by atoms with E-state index < -0.39 is 5.82 Å². The normalized spacial score (nSPS) is 9.56. The summed E-state index contributed by atoms with van der Waals surface area (Å²) in [4.78, 5) is 3.60. The van der Waals surface area contributed by atoms with Crippen LogP contribution in [0.1, 0.15) is 0 Å². The number of nitrogens with zero attached hydrogens (tertiary/aromatic N) is 1. The molecule has 0 atom stereocenters. The zero-order valence-electron chi connectivity index (χ0n) is 4.44. The fourth-order valence-electron chi connectivity index (χ4n) is 0.427. The number of halogens is 2. The van der Waals surface area contributed by atoms with E-state index in [1.807, 2.05) is 0 Å². The molecule has 4 heteroatoms. The summed E-state index contributed by atoms with van der Waals surface area (Å²) >= 11 is 3.04. The van der Waals surface area contributed by atoms with Crippen LogP contribution in [0.5, 0.6) is 0 Å². The number of nitrogen functional groups attached to an aromatic ring is 1. The van der Waals surface area contributed by atoms with Gasteiger partial charge in [-0.25, -0.2) is 9.37 Å². The van der Waals surface area contributed by atoms with E-state index in [-0.39, 0.29) is 5.69 Å². The van der Waals surface area contributed by atoms with Crippen molar-refractivity contribution in [2.45, 2.75) is 0 Å². The van der Waals surface area contributed by atoms with Crippen LogP contribution in [0.25, 0.3) is 0 Å². The third-order valence-corrected chi connectivity index (χ3v) is 1.29. The number of aromatic nitrogens is 1. The first-order valence-electron chi connectivity index (χ1n) is 2.26. The van der Waals surface area contributed by atoms with E-state index in [1.165, 1.54) is 6.07 Å². The van der Waals surface area contributed by atoms with Crippen LogP contribution in [-0.4, -0.2) is 4.98 Å². The first-order valence-corrected chi connectivity index (χ1v) is 3.06. The van der Waals surface area contributed by atoms with E-state index in [4.69, 9.17) is 5.73 Å². The summed E-state index contributed by atoms with van der Waals surface area (Å²) in [7, 11) is 0. The fraction of sp³-hybridized carbons (Fsp3) is 0. The summed E-state index contributed by atoms with van der Waals surface area (Å²) in [6.45, 7) is 0. The molecule has 2 nitrogen and oxygen atoms in total. The average Bonchev–Trinajstić information content (AvgIpc) is 1.80. The van der Waals surface area contributed by atoms with Crippen molar-refractivity contribution in [2.75, 3.05) is 5.73 Å². The van der Waals surface area contributed by atoms with Gasteiger partial charge in [0, 0.05) is 0 Å². The molecule has 0 saturated heterocycles. The fourth-order valence-corrected chi connectivity index (χ4v) is 0.776. The lowest BCUT2D eigenvalue weighted by Crippen LogP contribution is -1.90. The topological polar surface area (TPSA) is 38.9 Å². The first kappa shape index (κ1) is 6.48. The maximum Gasteiger partial charge on any atom is 0.164 e. The number of nitrogens with two attached hydrogens (primary N) is 1. The molecule has 9 heavy (non-hydrogen) atoms. The molecule has 0 aliphatic heterocycles. The zero-order valence-corrected chi connectivity index (χ0v) is 6.02. The second kappa shape index (κ2) is 2.31. The summed E-state index contributed by atoms with van der Waals surface area (Å²) in [5, 5.41) is 0. The first-order chi connectivity index (χ1) is 4.20. The molecule has 2 N–H and O–H groups in total. The predicted octanol–water partition coefficient (Wildman–Crippen LogP) is 1.57. The van der Waals surface area contributed by atoms with Gasteiger partial charge in [0.25, 0.3) is 0 Å². The van der Waals surface area contributed by atoms with Gasteiger partial charge in [-0.2, -0.15) is 0 Å². The minimum absolute atomic E-state index is 0.108. The van der Waals surface area contributed by atoms with Crippen molar-refractivity contribution in [3.05, 3.63) is 22.7 Å². The Labute approximate surface area is 60.0 Å². The molecule has 1 aromatic heterocycles. The maximum atomic E-state index is 12.3. The highest BCUT2D eigenvalue weighted by molar-refractivity contribution is 9.10. The molecule has 1 aromatic rings. The molecule has 0 amide bonds. The molecule has 0 radical (unpaired) electrons. The van der Waals surface area contributed by atoms with Crippen LogP contribution in [0, 0.1) is 5.82 Å². The van der Waals surface area contributed by atoms with E-state index in [0.29, 0.717) is 4.60 Å². The molecule has 0 aromatic carbocycles. The lowest BCUT2D eigenvalue weighted by Gasteiger charge is -1.93. The molecule has 0 aliphatic rings. The molecular formula is C5H4BrFN2. The second-order valence-electron chi connectivity index (χ2n) is 1.53. The van der Waals surface area contributed by atoms with Crippen molar-refractivity contribution in [3.63, 3.8) is 0 Å². The summed E-state index contributed by atoms with van der Waals surface area (Å²) in [5.41, 5.74) is 5.28. The van der Waals surface area contributed by atoms with Gasteiger partial charge in [-0.3, -0.25) is 0 Å². The van der Waals surface area contributed by atoms with Crippen molar-refractivity contribution in [1.29, 1.82) is 0 Å². The van der Waals surface area contributed by atoms with Gasteiger partial charge in [-0.05, 0) is 22.0 Å². The minimum atomic E-state index is -0.488. The molecule has 0 fully saturated rings. The van der Waals surface area contributed by atoms with E-state index in [2.05, 4.69) is 20.9 Å².